The summed E-state index contributed by atoms with van der Waals surface area (Å²) in [6.07, 6.45) is 31.4. The number of nitrogens with zero attached hydrogens (tertiary/aromatic N) is 1. The fourth-order valence-corrected chi connectivity index (χ4v) is 5.84. The maximum absolute atomic E-state index is 3.57. The van der Waals surface area contributed by atoms with E-state index in [0.717, 1.165) is 0 Å². The third-order valence-corrected chi connectivity index (χ3v) is 9.93. The van der Waals surface area contributed by atoms with Gasteiger partial charge in [0.2, 0.25) is 0 Å². The van der Waals surface area contributed by atoms with Crippen molar-refractivity contribution in [3.63, 3.8) is 0 Å². The van der Waals surface area contributed by atoms with E-state index in [1.54, 1.807) is 0 Å². The number of allylic oxidation sites excluding steroid dienone is 2. The zero-order chi connectivity index (χ0) is 45.7. The molecule has 2 heteroatoms. The van der Waals surface area contributed by atoms with Gasteiger partial charge in [-0.1, -0.05) is 215 Å². The van der Waals surface area contributed by atoms with Crippen LogP contribution in [-0.4, -0.2) is 38.1 Å². The van der Waals surface area contributed by atoms with Crippen molar-refractivity contribution in [1.82, 2.24) is 10.2 Å². The molecule has 0 rings (SSSR count). The molecular weight excluding hydrogens is 689 g/mol. The van der Waals surface area contributed by atoms with Crippen LogP contribution in [0.1, 0.15) is 281 Å². The van der Waals surface area contributed by atoms with Crippen LogP contribution < -0.4 is 5.32 Å². The van der Waals surface area contributed by atoms with Crippen molar-refractivity contribution in [2.75, 3.05) is 33.2 Å². The predicted octanol–water partition coefficient (Wildman–Crippen LogP) is 19.2. The smallest absolute Gasteiger partial charge is 0.00216 e. The second kappa shape index (κ2) is 38.6. The molecule has 0 aromatic heterocycles. The summed E-state index contributed by atoms with van der Waals surface area (Å²) in [6, 6.07) is 0. The Morgan fingerprint density at radius 2 is 0.561 bits per heavy atom. The van der Waals surface area contributed by atoms with Crippen LogP contribution in [0.4, 0.5) is 0 Å². The Morgan fingerprint density at radius 3 is 0.825 bits per heavy atom. The normalized spacial score (nSPS) is 12.6. The highest BCUT2D eigenvalue weighted by atomic mass is 15.1. The van der Waals surface area contributed by atoms with Gasteiger partial charge in [-0.25, -0.2) is 0 Å². The monoisotopic (exact) mass is 809 g/mol. The van der Waals surface area contributed by atoms with Gasteiger partial charge in [-0.05, 0) is 144 Å². The first-order chi connectivity index (χ1) is 25.8. The molecular formula is C55H120N2. The Morgan fingerprint density at radius 1 is 0.333 bits per heavy atom. The SMILES string of the molecule is CC(C)(C)CCCCCCCC(C)(C)C.CC(C)(C)CCCCCCNCCCC(C)(C)C.CC=CC.CCCC.CN(CCCC(C)(C)C)CCCC(C)(C)C. The van der Waals surface area contributed by atoms with Crippen LogP contribution in [-0.2, 0) is 0 Å². The first-order valence-corrected chi connectivity index (χ1v) is 24.8. The number of hydrogen-bond donors (Lipinski definition) is 1. The molecule has 0 saturated carbocycles. The van der Waals surface area contributed by atoms with Crippen LogP contribution in [0.15, 0.2) is 12.2 Å². The van der Waals surface area contributed by atoms with E-state index in [9.17, 15) is 0 Å². The molecule has 0 unspecified atom stereocenters. The van der Waals surface area contributed by atoms with E-state index in [1.165, 1.54) is 155 Å². The lowest BCUT2D eigenvalue weighted by molar-refractivity contribution is 0.265. The van der Waals surface area contributed by atoms with E-state index in [-0.39, 0.29) is 0 Å². The summed E-state index contributed by atoms with van der Waals surface area (Å²) in [5, 5.41) is 3.57. The Bertz CT molecular complexity index is 728. The average Bonchev–Trinajstić information content (AvgIpc) is 3.03. The van der Waals surface area contributed by atoms with Gasteiger partial charge >= 0.3 is 0 Å². The second-order valence-electron chi connectivity index (χ2n) is 24.8. The van der Waals surface area contributed by atoms with Crippen LogP contribution in [0.5, 0.6) is 0 Å². The van der Waals surface area contributed by atoms with Crippen molar-refractivity contribution in [2.45, 2.75) is 281 Å². The molecule has 0 aliphatic rings. The topological polar surface area (TPSA) is 15.3 Å². The molecule has 0 aromatic carbocycles. The second-order valence-corrected chi connectivity index (χ2v) is 24.8. The molecule has 0 radical (unpaired) electrons. The van der Waals surface area contributed by atoms with Crippen LogP contribution >= 0.6 is 0 Å². The summed E-state index contributed by atoms with van der Waals surface area (Å²) in [5.41, 5.74) is 3.06. The summed E-state index contributed by atoms with van der Waals surface area (Å²) in [6.45, 7) is 55.2. The zero-order valence-electron chi connectivity index (χ0n) is 45.1. The van der Waals surface area contributed by atoms with Gasteiger partial charge in [0.1, 0.15) is 0 Å². The molecule has 0 bridgehead atoms. The van der Waals surface area contributed by atoms with Crippen LogP contribution in [0, 0.1) is 32.5 Å². The Hall–Kier alpha value is -0.340. The third kappa shape index (κ3) is 88.1. The molecule has 350 valence electrons. The lowest BCUT2D eigenvalue weighted by Crippen LogP contribution is -2.23. The number of rotatable bonds is 22. The predicted molar refractivity (Wildman–Crippen MR) is 271 cm³/mol. The Kier molecular flexibility index (Phi) is 44.5. The highest BCUT2D eigenvalue weighted by molar-refractivity contribution is 4.69. The van der Waals surface area contributed by atoms with Crippen molar-refractivity contribution in [2.24, 2.45) is 32.5 Å². The van der Waals surface area contributed by atoms with Gasteiger partial charge in [0, 0.05) is 0 Å². The summed E-state index contributed by atoms with van der Waals surface area (Å²) < 4.78 is 0. The highest BCUT2D eigenvalue weighted by Crippen LogP contribution is 2.26. The Balaban J connectivity index is -0.000000216. The first-order valence-electron chi connectivity index (χ1n) is 24.8. The summed E-state index contributed by atoms with van der Waals surface area (Å²) in [7, 11) is 2.26. The van der Waals surface area contributed by atoms with E-state index in [1.807, 2.05) is 26.0 Å². The largest absolute Gasteiger partial charge is 0.317 e. The van der Waals surface area contributed by atoms with Crippen molar-refractivity contribution in [3.8, 4) is 0 Å². The molecule has 0 fully saturated rings. The minimum Gasteiger partial charge on any atom is -0.317 e. The van der Waals surface area contributed by atoms with Crippen LogP contribution in [0.25, 0.3) is 0 Å². The lowest BCUT2D eigenvalue weighted by Gasteiger charge is -2.23. The molecule has 0 heterocycles. The van der Waals surface area contributed by atoms with E-state index in [2.05, 4.69) is 156 Å². The molecule has 0 saturated heterocycles. The van der Waals surface area contributed by atoms with E-state index in [0.29, 0.717) is 32.5 Å². The van der Waals surface area contributed by atoms with Gasteiger partial charge in [0.05, 0.1) is 0 Å². The molecule has 0 aromatic rings. The molecule has 0 aliphatic heterocycles. The number of unbranched alkanes of at least 4 members (excludes halogenated alkanes) is 8. The van der Waals surface area contributed by atoms with E-state index >= 15 is 0 Å². The van der Waals surface area contributed by atoms with Gasteiger partial charge in [0.15, 0.2) is 0 Å². The van der Waals surface area contributed by atoms with Crippen LogP contribution in [0.2, 0.25) is 0 Å². The van der Waals surface area contributed by atoms with Gasteiger partial charge in [-0.15, -0.1) is 0 Å². The average molecular weight is 810 g/mol. The van der Waals surface area contributed by atoms with Gasteiger partial charge in [-0.2, -0.15) is 0 Å². The minimum atomic E-state index is 0.492. The third-order valence-electron chi connectivity index (χ3n) is 9.93. The van der Waals surface area contributed by atoms with Gasteiger partial charge in [-0.3, -0.25) is 0 Å². The number of hydrogen-bond acceptors (Lipinski definition) is 2. The molecule has 0 aliphatic carbocycles. The molecule has 2 nitrogen and oxygen atoms in total. The quantitative estimate of drug-likeness (QED) is 0.0866. The van der Waals surface area contributed by atoms with Crippen LogP contribution in [0.3, 0.4) is 0 Å². The lowest BCUT2D eigenvalue weighted by atomic mass is 9.88. The molecule has 1 N–H and O–H groups in total. The minimum absolute atomic E-state index is 0.492. The summed E-state index contributed by atoms with van der Waals surface area (Å²) in [5.74, 6) is 0. The fraction of sp³-hybridized carbons (Fsp3) is 0.964. The first kappa shape index (κ1) is 65.8. The van der Waals surface area contributed by atoms with Gasteiger partial charge in [0.25, 0.3) is 0 Å². The molecule has 0 amide bonds. The van der Waals surface area contributed by atoms with Crippen molar-refractivity contribution in [3.05, 3.63) is 12.2 Å². The van der Waals surface area contributed by atoms with E-state index < -0.39 is 0 Å². The zero-order valence-corrected chi connectivity index (χ0v) is 45.1. The van der Waals surface area contributed by atoms with Crippen molar-refractivity contribution in [1.29, 1.82) is 0 Å². The number of nitrogens with one attached hydrogen (secondary N) is 1. The highest BCUT2D eigenvalue weighted by Gasteiger charge is 2.13. The maximum Gasteiger partial charge on any atom is -0.00216 e. The van der Waals surface area contributed by atoms with Crippen molar-refractivity contribution < 1.29 is 0 Å². The summed E-state index contributed by atoms with van der Waals surface area (Å²) >= 11 is 0. The fourth-order valence-electron chi connectivity index (χ4n) is 5.84. The maximum atomic E-state index is 3.57. The molecule has 0 atom stereocenters. The van der Waals surface area contributed by atoms with Gasteiger partial charge < -0.3 is 10.2 Å². The molecule has 0 spiro atoms. The van der Waals surface area contributed by atoms with Crippen molar-refractivity contribution >= 4 is 0 Å². The molecule has 57 heavy (non-hydrogen) atoms. The Labute approximate surface area is 367 Å². The van der Waals surface area contributed by atoms with E-state index in [4.69, 9.17) is 0 Å². The standard InChI is InChI=1S/C17H37N.C15H33N.C15H32.C4H10.C4H8/c1-16(2,3)12-9-7-8-10-14-18-15-11-13-17(4,5)6;1-14(2,3)10-8-12-16(7)13-9-11-15(4,5)6;1-14(2,3)12-10-8-7-9-11-13-15(4,5)6;2*1-3-4-2/h18H,7-15H2,1-6H3;8-13H2,1-7H3;7-13H2,1-6H3;3-4H2,1-2H3;3-4H,1-2H3. The summed E-state index contributed by atoms with van der Waals surface area (Å²) in [4.78, 5) is 2.48.